The number of nitrogens with two attached hydrogens (primary N) is 1. The summed E-state index contributed by atoms with van der Waals surface area (Å²) in [5.74, 6) is 0.0236. The second-order valence-corrected chi connectivity index (χ2v) is 6.88. The van der Waals surface area contributed by atoms with Gasteiger partial charge in [-0.1, -0.05) is 18.5 Å². The van der Waals surface area contributed by atoms with E-state index in [0.717, 1.165) is 0 Å². The van der Waals surface area contributed by atoms with Gasteiger partial charge in [-0.25, -0.2) is 8.42 Å². The minimum absolute atomic E-state index is 0.0396. The molecule has 0 atom stereocenters. The first-order valence-electron chi connectivity index (χ1n) is 5.64. The van der Waals surface area contributed by atoms with E-state index in [1.54, 1.807) is 19.1 Å². The summed E-state index contributed by atoms with van der Waals surface area (Å²) in [6.45, 7) is 1.59. The van der Waals surface area contributed by atoms with Gasteiger partial charge in [-0.3, -0.25) is 4.79 Å². The number of anilines is 1. The van der Waals surface area contributed by atoms with Gasteiger partial charge in [0.2, 0.25) is 0 Å². The first-order valence-corrected chi connectivity index (χ1v) is 7.84. The lowest BCUT2D eigenvalue weighted by Crippen LogP contribution is -2.10. The number of nitrogen functional groups attached to an aromatic ring is 1. The third-order valence-electron chi connectivity index (χ3n) is 2.62. The number of benzene rings is 1. The minimum Gasteiger partial charge on any atom is -0.398 e. The standard InChI is InChI=1S/C12H16ClNO3S/c1-2-18(16,17)7-3-4-12(15)9-5-6-11(14)10(13)8-9/h5-6,8H,2-4,7,14H2,1H3. The Labute approximate surface area is 112 Å². The Hall–Kier alpha value is -1.07. The SMILES string of the molecule is CCS(=O)(=O)CCCC(=O)c1ccc(N)c(Cl)c1. The van der Waals surface area contributed by atoms with E-state index in [0.29, 0.717) is 22.7 Å². The Morgan fingerprint density at radius 2 is 2.06 bits per heavy atom. The molecule has 0 aliphatic rings. The fourth-order valence-electron chi connectivity index (χ4n) is 1.44. The third kappa shape index (κ3) is 4.31. The van der Waals surface area contributed by atoms with Gasteiger partial charge in [0.1, 0.15) is 9.84 Å². The van der Waals surface area contributed by atoms with E-state index in [4.69, 9.17) is 17.3 Å². The second-order valence-electron chi connectivity index (χ2n) is 4.00. The van der Waals surface area contributed by atoms with E-state index in [2.05, 4.69) is 0 Å². The monoisotopic (exact) mass is 289 g/mol. The largest absolute Gasteiger partial charge is 0.398 e. The van der Waals surface area contributed by atoms with E-state index >= 15 is 0 Å². The molecule has 0 heterocycles. The molecule has 0 spiro atoms. The molecule has 2 N–H and O–H groups in total. The maximum absolute atomic E-state index is 11.8. The van der Waals surface area contributed by atoms with Crippen molar-refractivity contribution in [2.24, 2.45) is 0 Å². The van der Waals surface area contributed by atoms with E-state index in [9.17, 15) is 13.2 Å². The molecule has 0 aliphatic heterocycles. The number of hydrogen-bond donors (Lipinski definition) is 1. The number of ketones is 1. The Kier molecular flexibility index (Phi) is 5.16. The van der Waals surface area contributed by atoms with E-state index in [-0.39, 0.29) is 23.7 Å². The zero-order chi connectivity index (χ0) is 13.8. The molecule has 18 heavy (non-hydrogen) atoms. The maximum atomic E-state index is 11.8. The Balaban J connectivity index is 2.58. The summed E-state index contributed by atoms with van der Waals surface area (Å²) < 4.78 is 22.5. The molecular weight excluding hydrogens is 274 g/mol. The van der Waals surface area contributed by atoms with Gasteiger partial charge in [-0.05, 0) is 24.6 Å². The molecule has 0 bridgehead atoms. The minimum atomic E-state index is -3.01. The highest BCUT2D eigenvalue weighted by Gasteiger charge is 2.11. The van der Waals surface area contributed by atoms with E-state index in [1.807, 2.05) is 0 Å². The predicted molar refractivity (Wildman–Crippen MR) is 73.8 cm³/mol. The molecule has 0 saturated carbocycles. The Morgan fingerprint density at radius 1 is 1.39 bits per heavy atom. The third-order valence-corrected chi connectivity index (χ3v) is 4.74. The summed E-state index contributed by atoms with van der Waals surface area (Å²) in [5, 5.41) is 0.335. The van der Waals surface area contributed by atoms with Crippen molar-refractivity contribution in [3.63, 3.8) is 0 Å². The van der Waals surface area contributed by atoms with Gasteiger partial charge in [0.15, 0.2) is 5.78 Å². The number of hydrogen-bond acceptors (Lipinski definition) is 4. The van der Waals surface area contributed by atoms with Crippen molar-refractivity contribution >= 4 is 32.9 Å². The van der Waals surface area contributed by atoms with Crippen LogP contribution < -0.4 is 5.73 Å². The normalized spacial score (nSPS) is 11.4. The molecule has 0 amide bonds. The predicted octanol–water partition coefficient (Wildman–Crippen LogP) is 2.32. The molecule has 0 radical (unpaired) electrons. The molecule has 0 aliphatic carbocycles. The lowest BCUT2D eigenvalue weighted by Gasteiger charge is -2.04. The van der Waals surface area contributed by atoms with Crippen molar-refractivity contribution < 1.29 is 13.2 Å². The first kappa shape index (κ1) is 15.0. The van der Waals surface area contributed by atoms with E-state index < -0.39 is 9.84 Å². The van der Waals surface area contributed by atoms with Crippen LogP contribution in [0.5, 0.6) is 0 Å². The summed E-state index contributed by atoms with van der Waals surface area (Å²) in [6, 6.07) is 4.67. The first-order chi connectivity index (χ1) is 8.35. The number of rotatable bonds is 6. The molecular formula is C12H16ClNO3S. The quantitative estimate of drug-likeness (QED) is 0.644. The highest BCUT2D eigenvalue weighted by Crippen LogP contribution is 2.20. The van der Waals surface area contributed by atoms with Crippen LogP contribution in [0.1, 0.15) is 30.1 Å². The van der Waals surface area contributed by atoms with Crippen LogP contribution in [0.4, 0.5) is 5.69 Å². The summed E-state index contributed by atoms with van der Waals surface area (Å²) in [7, 11) is -3.01. The van der Waals surface area contributed by atoms with Crippen LogP contribution in [0.2, 0.25) is 5.02 Å². The van der Waals surface area contributed by atoms with Gasteiger partial charge in [0, 0.05) is 17.7 Å². The van der Waals surface area contributed by atoms with Crippen LogP contribution >= 0.6 is 11.6 Å². The number of carbonyl (C=O) groups excluding carboxylic acids is 1. The second kappa shape index (κ2) is 6.20. The average Bonchev–Trinajstić information content (AvgIpc) is 2.32. The lowest BCUT2D eigenvalue weighted by molar-refractivity contribution is 0.0982. The van der Waals surface area contributed by atoms with Gasteiger partial charge < -0.3 is 5.73 Å². The number of halogens is 1. The summed E-state index contributed by atoms with van der Waals surface area (Å²) in [4.78, 5) is 11.8. The molecule has 4 nitrogen and oxygen atoms in total. The Morgan fingerprint density at radius 3 is 2.61 bits per heavy atom. The number of carbonyl (C=O) groups is 1. The van der Waals surface area contributed by atoms with Crippen molar-refractivity contribution in [3.8, 4) is 0 Å². The highest BCUT2D eigenvalue weighted by atomic mass is 35.5. The van der Waals surface area contributed by atoms with Gasteiger partial charge in [-0.15, -0.1) is 0 Å². The average molecular weight is 290 g/mol. The molecule has 1 aromatic carbocycles. The zero-order valence-electron chi connectivity index (χ0n) is 10.1. The van der Waals surface area contributed by atoms with Crippen LogP contribution in [0.25, 0.3) is 0 Å². The zero-order valence-corrected chi connectivity index (χ0v) is 11.7. The number of Topliss-reactive ketones (excluding diaryl/α,β-unsaturated/α-hetero) is 1. The molecule has 100 valence electrons. The number of sulfone groups is 1. The molecule has 0 aromatic heterocycles. The maximum Gasteiger partial charge on any atom is 0.162 e. The van der Waals surface area contributed by atoms with Crippen LogP contribution in [0.15, 0.2) is 18.2 Å². The van der Waals surface area contributed by atoms with Crippen molar-refractivity contribution in [2.45, 2.75) is 19.8 Å². The smallest absolute Gasteiger partial charge is 0.162 e. The molecule has 0 unspecified atom stereocenters. The van der Waals surface area contributed by atoms with Crippen molar-refractivity contribution in [3.05, 3.63) is 28.8 Å². The fourth-order valence-corrected chi connectivity index (χ4v) is 2.50. The highest BCUT2D eigenvalue weighted by molar-refractivity contribution is 7.91. The lowest BCUT2D eigenvalue weighted by atomic mass is 10.1. The van der Waals surface area contributed by atoms with Gasteiger partial charge in [0.25, 0.3) is 0 Å². The van der Waals surface area contributed by atoms with Crippen molar-refractivity contribution in [2.75, 3.05) is 17.2 Å². The summed E-state index contributed by atoms with van der Waals surface area (Å²) in [5.41, 5.74) is 6.42. The molecule has 6 heteroatoms. The molecule has 1 rings (SSSR count). The van der Waals surface area contributed by atoms with Gasteiger partial charge in [-0.2, -0.15) is 0 Å². The molecule has 0 fully saturated rings. The topological polar surface area (TPSA) is 77.2 Å². The summed E-state index contributed by atoms with van der Waals surface area (Å²) in [6.07, 6.45) is 0.524. The Bertz CT molecular complexity index is 540. The van der Waals surface area contributed by atoms with Crippen LogP contribution in [-0.4, -0.2) is 25.7 Å². The van der Waals surface area contributed by atoms with Gasteiger partial charge in [0.05, 0.1) is 16.5 Å². The van der Waals surface area contributed by atoms with Crippen molar-refractivity contribution in [1.82, 2.24) is 0 Å². The van der Waals surface area contributed by atoms with Gasteiger partial charge >= 0.3 is 0 Å². The fraction of sp³-hybridized carbons (Fsp3) is 0.417. The van der Waals surface area contributed by atoms with E-state index in [1.165, 1.54) is 6.07 Å². The molecule has 1 aromatic rings. The van der Waals surface area contributed by atoms with Crippen LogP contribution in [0.3, 0.4) is 0 Å². The summed E-state index contributed by atoms with van der Waals surface area (Å²) >= 11 is 5.81. The van der Waals surface area contributed by atoms with Crippen molar-refractivity contribution in [1.29, 1.82) is 0 Å². The van der Waals surface area contributed by atoms with Crippen LogP contribution in [-0.2, 0) is 9.84 Å². The molecule has 0 saturated heterocycles. The van der Waals surface area contributed by atoms with Crippen LogP contribution in [0, 0.1) is 0 Å².